The van der Waals surface area contributed by atoms with Crippen LogP contribution in [0.1, 0.15) is 11.6 Å². The molecule has 118 valence electrons. The topological polar surface area (TPSA) is 55.1 Å². The largest absolute Gasteiger partial charge is 0.383 e. The summed E-state index contributed by atoms with van der Waals surface area (Å²) in [6.07, 6.45) is -4.07. The van der Waals surface area contributed by atoms with E-state index >= 15 is 0 Å². The van der Waals surface area contributed by atoms with Gasteiger partial charge in [-0.2, -0.15) is 8.78 Å². The summed E-state index contributed by atoms with van der Waals surface area (Å²) < 4.78 is 50.4. The number of alkyl halides is 4. The second-order valence-corrected chi connectivity index (χ2v) is 4.79. The molecule has 3 nitrogen and oxygen atoms in total. The van der Waals surface area contributed by atoms with Gasteiger partial charge in [0, 0.05) is 6.54 Å². The van der Waals surface area contributed by atoms with Crippen molar-refractivity contribution in [3.63, 3.8) is 0 Å². The zero-order chi connectivity index (χ0) is 16.3. The average molecular weight is 314 g/mol. The maximum absolute atomic E-state index is 13.0. The van der Waals surface area contributed by atoms with Gasteiger partial charge < -0.3 is 11.1 Å². The van der Waals surface area contributed by atoms with Crippen LogP contribution in [0.15, 0.2) is 42.5 Å². The summed E-state index contributed by atoms with van der Waals surface area (Å²) in [5.74, 6) is -6.78. The fourth-order valence-corrected chi connectivity index (χ4v) is 2.06. The van der Waals surface area contributed by atoms with Crippen molar-refractivity contribution in [3.05, 3.63) is 48.0 Å². The van der Waals surface area contributed by atoms with Crippen molar-refractivity contribution in [1.29, 1.82) is 0 Å². The Kier molecular flexibility index (Phi) is 4.65. The summed E-state index contributed by atoms with van der Waals surface area (Å²) in [6, 6.07) is 11.4. The van der Waals surface area contributed by atoms with Crippen LogP contribution in [0.25, 0.3) is 10.8 Å². The summed E-state index contributed by atoms with van der Waals surface area (Å²) in [5.41, 5.74) is 5.94. The Hall–Kier alpha value is -2.15. The van der Waals surface area contributed by atoms with Crippen LogP contribution < -0.4 is 11.1 Å². The summed E-state index contributed by atoms with van der Waals surface area (Å²) in [5, 5.41) is 3.62. The van der Waals surface area contributed by atoms with Crippen LogP contribution in [0.4, 0.5) is 17.6 Å². The van der Waals surface area contributed by atoms with E-state index in [4.69, 9.17) is 5.73 Å². The van der Waals surface area contributed by atoms with E-state index in [1.54, 1.807) is 24.3 Å². The Bertz CT molecular complexity index is 675. The molecule has 0 fully saturated rings. The van der Waals surface area contributed by atoms with Gasteiger partial charge in [0.1, 0.15) is 0 Å². The zero-order valence-electron chi connectivity index (χ0n) is 11.4. The molecule has 2 aromatic rings. The maximum atomic E-state index is 13.0. The van der Waals surface area contributed by atoms with E-state index in [0.717, 1.165) is 10.8 Å². The third-order valence-corrected chi connectivity index (χ3v) is 3.29. The molecule has 2 rings (SSSR count). The highest BCUT2D eigenvalue weighted by Gasteiger charge is 2.49. The molecule has 0 aliphatic rings. The highest BCUT2D eigenvalue weighted by atomic mass is 19.3. The molecular weight excluding hydrogens is 300 g/mol. The molecule has 2 aromatic carbocycles. The predicted octanol–water partition coefficient (Wildman–Crippen LogP) is 2.86. The highest BCUT2D eigenvalue weighted by molar-refractivity contribution is 5.85. The predicted molar refractivity (Wildman–Crippen MR) is 74.8 cm³/mol. The van der Waals surface area contributed by atoms with Gasteiger partial charge in [-0.1, -0.05) is 36.4 Å². The van der Waals surface area contributed by atoms with Gasteiger partial charge in [-0.05, 0) is 22.4 Å². The molecule has 1 unspecified atom stereocenters. The summed E-state index contributed by atoms with van der Waals surface area (Å²) in [4.78, 5) is 11.3. The highest BCUT2D eigenvalue weighted by Crippen LogP contribution is 2.25. The minimum absolute atomic E-state index is 0.191. The van der Waals surface area contributed by atoms with E-state index in [9.17, 15) is 22.4 Å². The van der Waals surface area contributed by atoms with E-state index in [1.165, 1.54) is 0 Å². The third kappa shape index (κ3) is 3.19. The normalized spacial score (nSPS) is 13.4. The number of rotatable bonds is 5. The molecular formula is C15H14F4N2O. The molecule has 0 aliphatic carbocycles. The second-order valence-electron chi connectivity index (χ2n) is 4.79. The average Bonchev–Trinajstić information content (AvgIpc) is 2.51. The molecule has 0 aromatic heterocycles. The van der Waals surface area contributed by atoms with Gasteiger partial charge in [0.15, 0.2) is 0 Å². The van der Waals surface area contributed by atoms with Gasteiger partial charge >= 0.3 is 12.3 Å². The Labute approximate surface area is 124 Å². The second kappa shape index (κ2) is 6.31. The van der Waals surface area contributed by atoms with Crippen LogP contribution >= 0.6 is 0 Å². The maximum Gasteiger partial charge on any atom is 0.383 e. The van der Waals surface area contributed by atoms with E-state index in [1.807, 2.05) is 23.5 Å². The number of amides is 1. The number of halogens is 4. The first-order valence-electron chi connectivity index (χ1n) is 6.52. The molecule has 1 atom stereocenters. The van der Waals surface area contributed by atoms with E-state index < -0.39 is 24.3 Å². The number of fused-ring (bicyclic) bond motifs is 1. The fourth-order valence-electron chi connectivity index (χ4n) is 2.06. The number of nitrogens with one attached hydrogen (secondary N) is 1. The van der Waals surface area contributed by atoms with E-state index in [2.05, 4.69) is 0 Å². The molecule has 0 radical (unpaired) electrons. The fraction of sp³-hybridized carbons (Fsp3) is 0.267. The molecule has 0 aliphatic heterocycles. The van der Waals surface area contributed by atoms with Crippen molar-refractivity contribution in [2.45, 2.75) is 18.4 Å². The first-order chi connectivity index (χ1) is 10.4. The Balaban J connectivity index is 2.25. The van der Waals surface area contributed by atoms with Crippen molar-refractivity contribution in [2.75, 3.05) is 6.54 Å². The SMILES string of the molecule is NCC(NC(=O)C(F)(F)C(F)F)c1ccc2ccccc2c1. The number of nitrogens with two attached hydrogens (primary N) is 1. The Morgan fingerprint density at radius 3 is 2.36 bits per heavy atom. The van der Waals surface area contributed by atoms with Crippen molar-refractivity contribution in [1.82, 2.24) is 5.32 Å². The van der Waals surface area contributed by atoms with Crippen molar-refractivity contribution < 1.29 is 22.4 Å². The number of carbonyl (C=O) groups excluding carboxylic acids is 1. The van der Waals surface area contributed by atoms with Crippen LogP contribution in [0.3, 0.4) is 0 Å². The van der Waals surface area contributed by atoms with Crippen molar-refractivity contribution >= 4 is 16.7 Å². The van der Waals surface area contributed by atoms with Crippen LogP contribution in [-0.4, -0.2) is 24.8 Å². The first kappa shape index (κ1) is 16.2. The lowest BCUT2D eigenvalue weighted by Gasteiger charge is -2.21. The lowest BCUT2D eigenvalue weighted by atomic mass is 10.0. The lowest BCUT2D eigenvalue weighted by molar-refractivity contribution is -0.170. The lowest BCUT2D eigenvalue weighted by Crippen LogP contribution is -2.47. The molecule has 0 bridgehead atoms. The van der Waals surface area contributed by atoms with Crippen molar-refractivity contribution in [3.8, 4) is 0 Å². The van der Waals surface area contributed by atoms with Gasteiger partial charge in [-0.15, -0.1) is 0 Å². The third-order valence-electron chi connectivity index (χ3n) is 3.29. The monoisotopic (exact) mass is 314 g/mol. The van der Waals surface area contributed by atoms with Crippen molar-refractivity contribution in [2.24, 2.45) is 5.73 Å². The molecule has 7 heteroatoms. The number of hydrogen-bond donors (Lipinski definition) is 2. The number of hydrogen-bond acceptors (Lipinski definition) is 2. The molecule has 1 amide bonds. The van der Waals surface area contributed by atoms with Crippen LogP contribution in [0, 0.1) is 0 Å². The van der Waals surface area contributed by atoms with Gasteiger partial charge in [-0.25, -0.2) is 8.78 Å². The molecule has 0 saturated heterocycles. The molecule has 22 heavy (non-hydrogen) atoms. The van der Waals surface area contributed by atoms with E-state index in [-0.39, 0.29) is 6.54 Å². The molecule has 0 saturated carbocycles. The quantitative estimate of drug-likeness (QED) is 0.834. The smallest absolute Gasteiger partial charge is 0.343 e. The molecule has 0 spiro atoms. The van der Waals surface area contributed by atoms with Crippen LogP contribution in [0.5, 0.6) is 0 Å². The van der Waals surface area contributed by atoms with Gasteiger partial charge in [0.05, 0.1) is 6.04 Å². The van der Waals surface area contributed by atoms with Gasteiger partial charge in [0.25, 0.3) is 5.91 Å². The summed E-state index contributed by atoms with van der Waals surface area (Å²) in [6.45, 7) is -0.191. The van der Waals surface area contributed by atoms with E-state index in [0.29, 0.717) is 5.56 Å². The van der Waals surface area contributed by atoms with Crippen LogP contribution in [-0.2, 0) is 4.79 Å². The Morgan fingerprint density at radius 2 is 1.77 bits per heavy atom. The molecule has 3 N–H and O–H groups in total. The summed E-state index contributed by atoms with van der Waals surface area (Å²) in [7, 11) is 0. The first-order valence-corrected chi connectivity index (χ1v) is 6.52. The van der Waals surface area contributed by atoms with Gasteiger partial charge in [0.2, 0.25) is 0 Å². The van der Waals surface area contributed by atoms with Crippen LogP contribution in [0.2, 0.25) is 0 Å². The van der Waals surface area contributed by atoms with Gasteiger partial charge in [-0.3, -0.25) is 4.79 Å². The number of carbonyl (C=O) groups is 1. The summed E-state index contributed by atoms with van der Waals surface area (Å²) >= 11 is 0. The minimum Gasteiger partial charge on any atom is -0.343 e. The Morgan fingerprint density at radius 1 is 1.14 bits per heavy atom. The standard InChI is InChI=1S/C15H14F4N2O/c16-13(17)15(18,19)14(22)21-12(8-20)11-6-5-9-3-1-2-4-10(9)7-11/h1-7,12-13H,8,20H2,(H,21,22). The zero-order valence-corrected chi connectivity index (χ0v) is 11.4. The molecule has 0 heterocycles. The minimum atomic E-state index is -4.75. The number of benzene rings is 2.